The van der Waals surface area contributed by atoms with Crippen LogP contribution in [0.1, 0.15) is 78.6 Å². The van der Waals surface area contributed by atoms with Crippen molar-refractivity contribution in [3.8, 4) is 0 Å². The number of likely N-dealkylation sites (tertiary alicyclic amines) is 1. The topological polar surface area (TPSA) is 117 Å². The van der Waals surface area contributed by atoms with Crippen molar-refractivity contribution in [3.63, 3.8) is 0 Å². The van der Waals surface area contributed by atoms with Crippen LogP contribution in [0.4, 0.5) is 0 Å². The summed E-state index contributed by atoms with van der Waals surface area (Å²) in [5, 5.41) is 23.3. The second-order valence-corrected chi connectivity index (χ2v) is 12.4. The standard InChI is InChI=1S/C28H40N2O6/c1-16(31)21-6-7-22-20-5-4-17-12-18(8-10-27(17,2)23(20)9-11-28(21,22)3)29-36-15-25(33)30-14-19(32)13-24(30)26(34)35/h12,19-24,32H,4-11,13-15H2,1-3H3,(H,34,35)/b29-18-/t19-,20-,21+,22-,23-,24-,27-,28+/m0/s1. The number of hydrogen-bond acceptors (Lipinski definition) is 6. The maximum Gasteiger partial charge on any atom is 0.326 e. The van der Waals surface area contributed by atoms with Gasteiger partial charge in [0.1, 0.15) is 11.8 Å². The summed E-state index contributed by atoms with van der Waals surface area (Å²) in [4.78, 5) is 42.8. The Morgan fingerprint density at radius 1 is 1.11 bits per heavy atom. The average molecular weight is 501 g/mol. The Kier molecular flexibility index (Phi) is 6.54. The van der Waals surface area contributed by atoms with Crippen LogP contribution in [0.3, 0.4) is 0 Å². The number of aliphatic hydroxyl groups excluding tert-OH is 1. The molecular weight excluding hydrogens is 460 g/mol. The zero-order valence-corrected chi connectivity index (χ0v) is 21.7. The zero-order valence-electron chi connectivity index (χ0n) is 21.7. The number of aliphatic hydroxyl groups is 1. The number of aliphatic carboxylic acids is 1. The van der Waals surface area contributed by atoms with Gasteiger partial charge in [-0.1, -0.05) is 24.6 Å². The van der Waals surface area contributed by atoms with Crippen molar-refractivity contribution >= 4 is 23.4 Å². The molecule has 0 aromatic heterocycles. The third-order valence-corrected chi connectivity index (χ3v) is 10.7. The number of oxime groups is 1. The van der Waals surface area contributed by atoms with Crippen molar-refractivity contribution in [2.24, 2.45) is 39.7 Å². The first-order valence-electron chi connectivity index (χ1n) is 13.6. The summed E-state index contributed by atoms with van der Waals surface area (Å²) in [6, 6.07) is -1.01. The first-order chi connectivity index (χ1) is 17.0. The van der Waals surface area contributed by atoms with Gasteiger partial charge in [0.15, 0.2) is 6.61 Å². The molecule has 36 heavy (non-hydrogen) atoms. The van der Waals surface area contributed by atoms with Crippen molar-refractivity contribution in [2.45, 2.75) is 90.7 Å². The Hall–Kier alpha value is -2.22. The monoisotopic (exact) mass is 500 g/mol. The number of nitrogens with zero attached hydrogens (tertiary/aromatic N) is 2. The summed E-state index contributed by atoms with van der Waals surface area (Å²) in [6.07, 6.45) is 9.94. The first kappa shape index (κ1) is 25.4. The number of ketones is 1. The molecule has 2 N–H and O–H groups in total. The molecule has 1 amide bonds. The van der Waals surface area contributed by atoms with Gasteiger partial charge in [-0.25, -0.2) is 4.79 Å². The molecule has 8 heteroatoms. The summed E-state index contributed by atoms with van der Waals surface area (Å²) in [5.41, 5.74) is 2.58. The van der Waals surface area contributed by atoms with E-state index in [2.05, 4.69) is 25.1 Å². The zero-order chi connectivity index (χ0) is 25.8. The molecule has 3 saturated carbocycles. The van der Waals surface area contributed by atoms with E-state index >= 15 is 0 Å². The predicted octanol–water partition coefficient (Wildman–Crippen LogP) is 3.57. The number of carboxylic acids is 1. The Morgan fingerprint density at radius 2 is 1.89 bits per heavy atom. The quantitative estimate of drug-likeness (QED) is 0.558. The molecule has 0 aromatic rings. The number of amides is 1. The van der Waals surface area contributed by atoms with Crippen LogP contribution >= 0.6 is 0 Å². The molecular formula is C28H40N2O6. The average Bonchev–Trinajstić information content (AvgIpc) is 3.39. The van der Waals surface area contributed by atoms with Gasteiger partial charge < -0.3 is 20.0 Å². The number of hydrogen-bond donors (Lipinski definition) is 2. The minimum Gasteiger partial charge on any atom is -0.480 e. The molecule has 0 bridgehead atoms. The van der Waals surface area contributed by atoms with Gasteiger partial charge in [-0.15, -0.1) is 0 Å². The highest BCUT2D eigenvalue weighted by Crippen LogP contribution is 2.66. The van der Waals surface area contributed by atoms with Gasteiger partial charge in [0, 0.05) is 18.9 Å². The summed E-state index contributed by atoms with van der Waals surface area (Å²) in [5.74, 6) is 0.982. The van der Waals surface area contributed by atoms with E-state index in [0.29, 0.717) is 23.5 Å². The van der Waals surface area contributed by atoms with Crippen LogP contribution in [-0.4, -0.2) is 63.8 Å². The molecule has 0 unspecified atom stereocenters. The van der Waals surface area contributed by atoms with Crippen molar-refractivity contribution in [2.75, 3.05) is 13.2 Å². The Bertz CT molecular complexity index is 1010. The number of Topliss-reactive ketones (excluding diaryl/α,β-unsaturated/α-hetero) is 1. The molecule has 4 fully saturated rings. The van der Waals surface area contributed by atoms with Crippen molar-refractivity contribution < 1.29 is 29.4 Å². The molecule has 0 aromatic carbocycles. The number of rotatable bonds is 5. The minimum atomic E-state index is -1.12. The second kappa shape index (κ2) is 9.26. The highest BCUT2D eigenvalue weighted by atomic mass is 16.6. The van der Waals surface area contributed by atoms with Crippen molar-refractivity contribution in [1.82, 2.24) is 4.90 Å². The highest BCUT2D eigenvalue weighted by Gasteiger charge is 2.59. The fourth-order valence-corrected chi connectivity index (χ4v) is 8.89. The molecule has 1 saturated heterocycles. The molecule has 198 valence electrons. The SMILES string of the molecule is CC(=O)[C@H]1CC[C@H]2[C@@H]3CCC4=C/C(=N\OCC(=O)N5C[C@@H](O)C[C@H]5C(=O)O)CC[C@]4(C)[C@H]3CC[C@]12C. The molecule has 5 aliphatic rings. The van der Waals surface area contributed by atoms with E-state index in [-0.39, 0.29) is 36.3 Å². The second-order valence-electron chi connectivity index (χ2n) is 12.4. The van der Waals surface area contributed by atoms with Gasteiger partial charge in [-0.05, 0) is 93.0 Å². The molecule has 0 radical (unpaired) electrons. The van der Waals surface area contributed by atoms with Crippen LogP contribution in [0.25, 0.3) is 0 Å². The molecule has 1 heterocycles. The van der Waals surface area contributed by atoms with Gasteiger partial charge in [0.05, 0.1) is 11.8 Å². The van der Waals surface area contributed by atoms with Crippen LogP contribution in [0, 0.1) is 34.5 Å². The number of allylic oxidation sites excluding steroid dienone is 2. The summed E-state index contributed by atoms with van der Waals surface area (Å²) in [7, 11) is 0. The number of carbonyl (C=O) groups excluding carboxylic acids is 2. The van der Waals surface area contributed by atoms with Gasteiger partial charge in [-0.3, -0.25) is 9.59 Å². The third kappa shape index (κ3) is 4.09. The Balaban J connectivity index is 1.24. The smallest absolute Gasteiger partial charge is 0.326 e. The highest BCUT2D eigenvalue weighted by molar-refractivity contribution is 5.96. The fourth-order valence-electron chi connectivity index (χ4n) is 8.89. The third-order valence-electron chi connectivity index (χ3n) is 10.7. The summed E-state index contributed by atoms with van der Waals surface area (Å²) < 4.78 is 0. The van der Waals surface area contributed by atoms with E-state index < -0.39 is 24.0 Å². The maximum atomic E-state index is 12.5. The number of carboxylic acid groups (broad SMARTS) is 1. The molecule has 8 atom stereocenters. The van der Waals surface area contributed by atoms with Gasteiger partial charge >= 0.3 is 5.97 Å². The Morgan fingerprint density at radius 3 is 2.61 bits per heavy atom. The normalized spacial score (nSPS) is 42.8. The molecule has 0 spiro atoms. The predicted molar refractivity (Wildman–Crippen MR) is 133 cm³/mol. The van der Waals surface area contributed by atoms with Crippen molar-refractivity contribution in [3.05, 3.63) is 11.6 Å². The molecule has 4 aliphatic carbocycles. The number of β-amino-alcohol motifs (C(OH)–C–C–N with tert-alkyl or cyclic N) is 1. The van der Waals surface area contributed by atoms with Gasteiger partial charge in [0.2, 0.25) is 0 Å². The molecule has 1 aliphatic heterocycles. The number of fused-ring (bicyclic) bond motifs is 5. The van der Waals surface area contributed by atoms with Crippen LogP contribution in [0.5, 0.6) is 0 Å². The van der Waals surface area contributed by atoms with Gasteiger partial charge in [0.25, 0.3) is 5.91 Å². The lowest BCUT2D eigenvalue weighted by Gasteiger charge is -2.58. The van der Waals surface area contributed by atoms with Crippen molar-refractivity contribution in [1.29, 1.82) is 0 Å². The summed E-state index contributed by atoms with van der Waals surface area (Å²) >= 11 is 0. The largest absolute Gasteiger partial charge is 0.480 e. The number of carbonyl (C=O) groups is 3. The van der Waals surface area contributed by atoms with E-state index in [1.165, 1.54) is 23.3 Å². The van der Waals surface area contributed by atoms with Gasteiger partial charge in [-0.2, -0.15) is 0 Å². The lowest BCUT2D eigenvalue weighted by Crippen LogP contribution is -2.51. The summed E-state index contributed by atoms with van der Waals surface area (Å²) in [6.45, 7) is 6.26. The van der Waals surface area contributed by atoms with Crippen LogP contribution in [0.15, 0.2) is 16.8 Å². The lowest BCUT2D eigenvalue weighted by molar-refractivity contribution is -0.150. The van der Waals surface area contributed by atoms with Crippen LogP contribution in [-0.2, 0) is 19.2 Å². The van der Waals surface area contributed by atoms with E-state index in [9.17, 15) is 24.6 Å². The Labute approximate surface area is 213 Å². The van der Waals surface area contributed by atoms with E-state index in [4.69, 9.17) is 4.84 Å². The molecule has 5 rings (SSSR count). The van der Waals surface area contributed by atoms with E-state index in [1.54, 1.807) is 6.92 Å². The lowest BCUT2D eigenvalue weighted by atomic mass is 9.46. The van der Waals surface area contributed by atoms with E-state index in [0.717, 1.165) is 44.2 Å². The fraction of sp³-hybridized carbons (Fsp3) is 0.786. The van der Waals surface area contributed by atoms with Crippen LogP contribution < -0.4 is 0 Å². The molecule has 8 nitrogen and oxygen atoms in total. The van der Waals surface area contributed by atoms with Crippen LogP contribution in [0.2, 0.25) is 0 Å². The first-order valence-corrected chi connectivity index (χ1v) is 13.6. The maximum absolute atomic E-state index is 12.5. The van der Waals surface area contributed by atoms with E-state index in [1.807, 2.05) is 0 Å². The minimum absolute atomic E-state index is 0.00783.